The summed E-state index contributed by atoms with van der Waals surface area (Å²) in [4.78, 5) is 24.0. The summed E-state index contributed by atoms with van der Waals surface area (Å²) in [5, 5.41) is 4.98. The van der Waals surface area contributed by atoms with E-state index in [4.69, 9.17) is 4.74 Å². The van der Waals surface area contributed by atoms with Gasteiger partial charge >= 0.3 is 5.97 Å². The first-order valence-corrected chi connectivity index (χ1v) is 9.11. The lowest BCUT2D eigenvalue weighted by Gasteiger charge is -2.20. The smallest absolute Gasteiger partial charge is 0.306 e. The summed E-state index contributed by atoms with van der Waals surface area (Å²) in [6.07, 6.45) is 5.48. The summed E-state index contributed by atoms with van der Waals surface area (Å²) in [6.45, 7) is -0.216. The predicted molar refractivity (Wildman–Crippen MR) is 97.1 cm³/mol. The second kappa shape index (κ2) is 6.87. The Kier molecular flexibility index (Phi) is 4.43. The van der Waals surface area contributed by atoms with E-state index in [1.54, 1.807) is 0 Å². The van der Waals surface area contributed by atoms with Crippen LogP contribution in [0.1, 0.15) is 32.1 Å². The van der Waals surface area contributed by atoms with Crippen LogP contribution in [0.4, 0.5) is 5.69 Å². The molecule has 0 aromatic heterocycles. The Labute approximate surface area is 147 Å². The highest BCUT2D eigenvalue weighted by Gasteiger charge is 2.40. The van der Waals surface area contributed by atoms with Crippen LogP contribution in [0.5, 0.6) is 0 Å². The number of nitrogens with one attached hydrogen (secondary N) is 1. The van der Waals surface area contributed by atoms with Crippen LogP contribution in [-0.4, -0.2) is 18.5 Å². The number of carbonyl (C=O) groups excluding carboxylic acids is 2. The maximum Gasteiger partial charge on any atom is 0.306 e. The van der Waals surface area contributed by atoms with Gasteiger partial charge in [-0.2, -0.15) is 0 Å². The van der Waals surface area contributed by atoms with E-state index in [9.17, 15) is 9.59 Å². The first kappa shape index (κ1) is 16.1. The lowest BCUT2D eigenvalue weighted by Crippen LogP contribution is -2.23. The zero-order valence-electron chi connectivity index (χ0n) is 14.2. The van der Waals surface area contributed by atoms with Gasteiger partial charge in [0.25, 0.3) is 5.91 Å². The quantitative estimate of drug-likeness (QED) is 0.834. The molecule has 0 spiro atoms. The Bertz CT molecular complexity index is 801. The molecule has 2 bridgehead atoms. The van der Waals surface area contributed by atoms with Gasteiger partial charge in [-0.3, -0.25) is 9.59 Å². The van der Waals surface area contributed by atoms with E-state index in [0.717, 1.165) is 23.1 Å². The molecule has 1 N–H and O–H groups in total. The van der Waals surface area contributed by atoms with Crippen molar-refractivity contribution in [2.24, 2.45) is 17.8 Å². The van der Waals surface area contributed by atoms with Crippen molar-refractivity contribution in [1.82, 2.24) is 0 Å². The molecule has 0 saturated heterocycles. The summed E-state index contributed by atoms with van der Waals surface area (Å²) in [7, 11) is 0. The summed E-state index contributed by atoms with van der Waals surface area (Å²) >= 11 is 0. The van der Waals surface area contributed by atoms with Gasteiger partial charge in [-0.1, -0.05) is 36.8 Å². The predicted octanol–water partition coefficient (Wildman–Crippen LogP) is 4.15. The topological polar surface area (TPSA) is 55.4 Å². The van der Waals surface area contributed by atoms with E-state index >= 15 is 0 Å². The molecule has 2 aromatic carbocycles. The zero-order chi connectivity index (χ0) is 17.2. The first-order valence-electron chi connectivity index (χ1n) is 9.11. The number of ether oxygens (including phenoxy) is 1. The van der Waals surface area contributed by atoms with Crippen LogP contribution >= 0.6 is 0 Å². The van der Waals surface area contributed by atoms with Gasteiger partial charge in [-0.15, -0.1) is 0 Å². The fourth-order valence-electron chi connectivity index (χ4n) is 4.51. The van der Waals surface area contributed by atoms with Crippen LogP contribution in [0.15, 0.2) is 42.5 Å². The molecule has 2 saturated carbocycles. The molecular formula is C21H23NO3. The zero-order valence-corrected chi connectivity index (χ0v) is 14.2. The van der Waals surface area contributed by atoms with E-state index in [-0.39, 0.29) is 18.5 Å². The molecule has 4 rings (SSSR count). The van der Waals surface area contributed by atoms with Gasteiger partial charge in [0.15, 0.2) is 6.61 Å². The third-order valence-electron chi connectivity index (χ3n) is 5.71. The summed E-state index contributed by atoms with van der Waals surface area (Å²) < 4.78 is 5.18. The number of rotatable bonds is 5. The fraction of sp³-hybridized carbons (Fsp3) is 0.429. The first-order chi connectivity index (χ1) is 12.2. The second-order valence-electron chi connectivity index (χ2n) is 7.41. The molecule has 4 heteroatoms. The van der Waals surface area contributed by atoms with Gasteiger partial charge < -0.3 is 10.1 Å². The van der Waals surface area contributed by atoms with E-state index in [1.807, 2.05) is 42.5 Å². The highest BCUT2D eigenvalue weighted by atomic mass is 16.5. The van der Waals surface area contributed by atoms with Crippen molar-refractivity contribution in [3.8, 4) is 0 Å². The van der Waals surface area contributed by atoms with Gasteiger partial charge in [-0.05, 0) is 59.9 Å². The van der Waals surface area contributed by atoms with Crippen LogP contribution in [0.2, 0.25) is 0 Å². The molecule has 2 fully saturated rings. The van der Waals surface area contributed by atoms with E-state index in [2.05, 4.69) is 5.32 Å². The number of esters is 1. The average molecular weight is 337 g/mol. The molecule has 2 aliphatic rings. The maximum absolute atomic E-state index is 12.0. The second-order valence-corrected chi connectivity index (χ2v) is 7.41. The summed E-state index contributed by atoms with van der Waals surface area (Å²) in [5.74, 6) is 1.44. The van der Waals surface area contributed by atoms with E-state index in [0.29, 0.717) is 23.9 Å². The molecule has 3 atom stereocenters. The largest absolute Gasteiger partial charge is 0.456 e. The molecule has 2 aromatic rings. The number of carbonyl (C=O) groups is 2. The Balaban J connectivity index is 1.26. The highest BCUT2D eigenvalue weighted by Crippen LogP contribution is 2.49. The maximum atomic E-state index is 12.0. The van der Waals surface area contributed by atoms with Crippen LogP contribution in [0.25, 0.3) is 10.8 Å². The number of amides is 1. The molecule has 130 valence electrons. The Morgan fingerprint density at radius 1 is 1.04 bits per heavy atom. The van der Waals surface area contributed by atoms with E-state index < -0.39 is 0 Å². The standard InChI is InChI=1S/C21H23NO3/c23-20(22-19-8-7-15-3-1-2-4-16(15)11-19)13-25-21(24)12-18-10-14-5-6-17(18)9-14/h1-4,7-8,11,14,17-18H,5-6,9-10,12-13H2,(H,22,23). The highest BCUT2D eigenvalue weighted by molar-refractivity contribution is 5.95. The molecule has 0 aliphatic heterocycles. The molecule has 1 amide bonds. The van der Waals surface area contributed by atoms with Gasteiger partial charge in [0, 0.05) is 12.1 Å². The molecule has 3 unspecified atom stereocenters. The minimum absolute atomic E-state index is 0.216. The molecule has 4 nitrogen and oxygen atoms in total. The number of benzene rings is 2. The Hall–Kier alpha value is -2.36. The summed E-state index contributed by atoms with van der Waals surface area (Å²) in [6, 6.07) is 13.7. The van der Waals surface area contributed by atoms with Gasteiger partial charge in [0.1, 0.15) is 0 Å². The van der Waals surface area contributed by atoms with Crippen LogP contribution < -0.4 is 5.32 Å². The molecule has 0 heterocycles. The monoisotopic (exact) mass is 337 g/mol. The van der Waals surface area contributed by atoms with Gasteiger partial charge in [0.2, 0.25) is 0 Å². The molecular weight excluding hydrogens is 314 g/mol. The van der Waals surface area contributed by atoms with Crippen molar-refractivity contribution in [1.29, 1.82) is 0 Å². The Morgan fingerprint density at radius 3 is 2.64 bits per heavy atom. The average Bonchev–Trinajstić information content (AvgIpc) is 3.23. The molecule has 25 heavy (non-hydrogen) atoms. The normalized spacial score (nSPS) is 24.4. The lowest BCUT2D eigenvalue weighted by molar-refractivity contribution is -0.148. The third kappa shape index (κ3) is 3.68. The number of anilines is 1. The van der Waals surface area contributed by atoms with Crippen molar-refractivity contribution in [3.05, 3.63) is 42.5 Å². The lowest BCUT2D eigenvalue weighted by atomic mass is 9.86. The summed E-state index contributed by atoms with van der Waals surface area (Å²) in [5.41, 5.74) is 0.716. The van der Waals surface area contributed by atoms with Crippen molar-refractivity contribution in [2.45, 2.75) is 32.1 Å². The van der Waals surface area contributed by atoms with E-state index in [1.165, 1.54) is 19.3 Å². The number of hydrogen-bond acceptors (Lipinski definition) is 3. The van der Waals surface area contributed by atoms with Crippen LogP contribution in [0.3, 0.4) is 0 Å². The Morgan fingerprint density at radius 2 is 1.88 bits per heavy atom. The van der Waals surface area contributed by atoms with Crippen molar-refractivity contribution < 1.29 is 14.3 Å². The third-order valence-corrected chi connectivity index (χ3v) is 5.71. The molecule has 2 aliphatic carbocycles. The van der Waals surface area contributed by atoms with Crippen molar-refractivity contribution in [3.63, 3.8) is 0 Å². The van der Waals surface area contributed by atoms with Crippen molar-refractivity contribution in [2.75, 3.05) is 11.9 Å². The SMILES string of the molecule is O=C(COC(=O)CC1CC2CCC1C2)Nc1ccc2ccccc2c1. The number of hydrogen-bond donors (Lipinski definition) is 1. The fourth-order valence-corrected chi connectivity index (χ4v) is 4.51. The minimum Gasteiger partial charge on any atom is -0.456 e. The molecule has 0 radical (unpaired) electrons. The number of fused-ring (bicyclic) bond motifs is 3. The minimum atomic E-state index is -0.295. The van der Waals surface area contributed by atoms with Gasteiger partial charge in [0.05, 0.1) is 0 Å². The van der Waals surface area contributed by atoms with Crippen LogP contribution in [-0.2, 0) is 14.3 Å². The van der Waals surface area contributed by atoms with Gasteiger partial charge in [-0.25, -0.2) is 0 Å². The van der Waals surface area contributed by atoms with Crippen molar-refractivity contribution >= 4 is 28.3 Å². The van der Waals surface area contributed by atoms with Crippen LogP contribution in [0, 0.1) is 17.8 Å².